The Kier molecular flexibility index (Phi) is 8.29. The molecule has 0 fully saturated rings. The van der Waals surface area contributed by atoms with Gasteiger partial charge in [0.05, 0.1) is 17.1 Å². The third-order valence-electron chi connectivity index (χ3n) is 7.00. The smallest absolute Gasteiger partial charge is 0.294 e. The van der Waals surface area contributed by atoms with Crippen LogP contribution >= 0.6 is 0 Å². The average Bonchev–Trinajstić information content (AvgIpc) is 3.26. The topological polar surface area (TPSA) is 50.4 Å². The summed E-state index contributed by atoms with van der Waals surface area (Å²) in [5, 5.41) is 0.105. The number of benzene rings is 3. The van der Waals surface area contributed by atoms with Crippen LogP contribution in [-0.2, 0) is 17.5 Å². The highest BCUT2D eigenvalue weighted by Crippen LogP contribution is 2.37. The molecule has 3 aromatic carbocycles. The molecule has 0 aliphatic heterocycles. The van der Waals surface area contributed by atoms with Crippen molar-refractivity contribution < 1.29 is 9.16 Å². The Balaban J connectivity index is 1.55. The summed E-state index contributed by atoms with van der Waals surface area (Å²) >= 11 is 0. The summed E-state index contributed by atoms with van der Waals surface area (Å²) in [4.78, 5) is 10.4. The number of nitrogens with zero attached hydrogens (tertiary/aromatic N) is 2. The number of ether oxygens (including phenoxy) is 1. The molecule has 4 rings (SSSR count). The van der Waals surface area contributed by atoms with Crippen molar-refractivity contribution in [2.75, 3.05) is 13.2 Å². The molecule has 6 heteroatoms. The number of H-pyrrole nitrogens is 1. The van der Waals surface area contributed by atoms with Crippen molar-refractivity contribution in [2.45, 2.75) is 58.1 Å². The molecule has 0 saturated heterocycles. The van der Waals surface area contributed by atoms with Gasteiger partial charge in [-0.1, -0.05) is 93.6 Å². The van der Waals surface area contributed by atoms with Crippen molar-refractivity contribution in [1.82, 2.24) is 14.9 Å². The fraction of sp³-hybridized carbons (Fsp3) is 0.367. The highest BCUT2D eigenvalue weighted by Gasteiger charge is 2.39. The Morgan fingerprint density at radius 2 is 1.39 bits per heavy atom. The van der Waals surface area contributed by atoms with Gasteiger partial charge in [0.15, 0.2) is 8.32 Å². The highest BCUT2D eigenvalue weighted by molar-refractivity contribution is 6.74. The summed E-state index contributed by atoms with van der Waals surface area (Å²) < 4.78 is 13.2. The Labute approximate surface area is 216 Å². The molecular formula is C30H39N3O2Si. The predicted octanol–water partition coefficient (Wildman–Crippen LogP) is 7.03. The summed E-state index contributed by atoms with van der Waals surface area (Å²) in [5.41, 5.74) is 4.46. The first-order chi connectivity index (χ1) is 17.2. The third kappa shape index (κ3) is 7.06. The van der Waals surface area contributed by atoms with E-state index in [1.165, 1.54) is 11.1 Å². The first kappa shape index (κ1) is 26.1. The van der Waals surface area contributed by atoms with E-state index < -0.39 is 8.32 Å². The lowest BCUT2D eigenvalue weighted by molar-refractivity contribution is 0.0673. The van der Waals surface area contributed by atoms with Crippen molar-refractivity contribution in [3.05, 3.63) is 96.1 Å². The minimum atomic E-state index is -2.03. The van der Waals surface area contributed by atoms with E-state index in [2.05, 4.69) is 109 Å². The molecule has 1 aromatic heterocycles. The van der Waals surface area contributed by atoms with E-state index in [1.807, 2.05) is 24.3 Å². The third-order valence-corrected chi connectivity index (χ3v) is 11.5. The number of hydrogen-bond acceptors (Lipinski definition) is 4. The number of rotatable bonds is 11. The number of fused-ring (bicyclic) bond motifs is 1. The number of nitrogens with one attached hydrogen (secondary N) is 1. The SMILES string of the molecule is CC(C)(C)[Si](C)(C)OC(COc1nc2ccccc2[nH]1)CN(Cc1ccccc1)Cc1ccccc1. The fourth-order valence-electron chi connectivity index (χ4n) is 4.04. The van der Waals surface area contributed by atoms with E-state index in [1.54, 1.807) is 0 Å². The highest BCUT2D eigenvalue weighted by atomic mass is 28.4. The lowest BCUT2D eigenvalue weighted by Crippen LogP contribution is -2.48. The van der Waals surface area contributed by atoms with Crippen LogP contribution in [0.2, 0.25) is 18.1 Å². The molecular weight excluding hydrogens is 462 g/mol. The van der Waals surface area contributed by atoms with Crippen molar-refractivity contribution in [1.29, 1.82) is 0 Å². The first-order valence-corrected chi connectivity index (χ1v) is 15.7. The Hall–Kier alpha value is -2.93. The maximum absolute atomic E-state index is 6.93. The molecule has 0 bridgehead atoms. The van der Waals surface area contributed by atoms with E-state index in [0.717, 1.165) is 30.7 Å². The van der Waals surface area contributed by atoms with Crippen molar-refractivity contribution in [2.24, 2.45) is 0 Å². The zero-order chi connectivity index (χ0) is 25.6. The molecule has 1 heterocycles. The molecule has 1 N–H and O–H groups in total. The van der Waals surface area contributed by atoms with Crippen LogP contribution in [-0.4, -0.2) is 42.4 Å². The largest absolute Gasteiger partial charge is 0.462 e. The zero-order valence-electron chi connectivity index (χ0n) is 22.2. The molecule has 1 atom stereocenters. The van der Waals surface area contributed by atoms with Gasteiger partial charge in [0.25, 0.3) is 6.01 Å². The van der Waals surface area contributed by atoms with Crippen LogP contribution in [0, 0.1) is 0 Å². The Morgan fingerprint density at radius 1 is 0.833 bits per heavy atom. The minimum Gasteiger partial charge on any atom is -0.462 e. The number of hydrogen-bond donors (Lipinski definition) is 1. The molecule has 4 aromatic rings. The van der Waals surface area contributed by atoms with Gasteiger partial charge >= 0.3 is 0 Å². The standard InChI is InChI=1S/C30H39N3O2Si/c1-30(2,3)36(4,5)35-26(23-34-29-31-27-18-12-13-19-28(27)32-29)22-33(20-24-14-8-6-9-15-24)21-25-16-10-7-11-17-25/h6-19,26H,20-23H2,1-5H3,(H,31,32). The van der Waals surface area contributed by atoms with Gasteiger partial charge in [-0.25, -0.2) is 0 Å². The summed E-state index contributed by atoms with van der Waals surface area (Å²) in [6.07, 6.45) is -0.0912. The lowest BCUT2D eigenvalue weighted by atomic mass is 10.1. The summed E-state index contributed by atoms with van der Waals surface area (Å²) in [6, 6.07) is 29.8. The monoisotopic (exact) mass is 501 g/mol. The van der Waals surface area contributed by atoms with E-state index in [0.29, 0.717) is 12.6 Å². The molecule has 0 saturated carbocycles. The first-order valence-electron chi connectivity index (χ1n) is 12.8. The van der Waals surface area contributed by atoms with Gasteiger partial charge in [-0.2, -0.15) is 4.98 Å². The van der Waals surface area contributed by atoms with E-state index in [-0.39, 0.29) is 11.1 Å². The van der Waals surface area contributed by atoms with Gasteiger partial charge in [-0.3, -0.25) is 4.90 Å². The van der Waals surface area contributed by atoms with Crippen LogP contribution in [0.25, 0.3) is 11.0 Å². The molecule has 5 nitrogen and oxygen atoms in total. The lowest BCUT2D eigenvalue weighted by Gasteiger charge is -2.40. The molecule has 190 valence electrons. The van der Waals surface area contributed by atoms with Gasteiger partial charge in [0.1, 0.15) is 6.61 Å². The van der Waals surface area contributed by atoms with Gasteiger partial charge in [-0.05, 0) is 41.4 Å². The number of aromatic nitrogens is 2. The van der Waals surface area contributed by atoms with Crippen LogP contribution in [0.1, 0.15) is 31.9 Å². The zero-order valence-corrected chi connectivity index (χ0v) is 23.2. The van der Waals surface area contributed by atoms with Crippen molar-refractivity contribution >= 4 is 19.4 Å². The predicted molar refractivity (Wildman–Crippen MR) is 151 cm³/mol. The molecule has 0 amide bonds. The van der Waals surface area contributed by atoms with Crippen LogP contribution < -0.4 is 4.74 Å². The maximum atomic E-state index is 6.93. The van der Waals surface area contributed by atoms with Gasteiger partial charge in [-0.15, -0.1) is 0 Å². The number of para-hydroxylation sites is 2. The number of aromatic amines is 1. The molecule has 0 spiro atoms. The van der Waals surface area contributed by atoms with Crippen LogP contribution in [0.5, 0.6) is 6.01 Å². The summed E-state index contributed by atoms with van der Waals surface area (Å²) in [6.45, 7) is 14.3. The molecule has 0 aliphatic carbocycles. The molecule has 36 heavy (non-hydrogen) atoms. The summed E-state index contributed by atoms with van der Waals surface area (Å²) in [7, 11) is -2.03. The Bertz CT molecular complexity index is 1140. The second-order valence-corrected chi connectivity index (χ2v) is 15.8. The summed E-state index contributed by atoms with van der Waals surface area (Å²) in [5.74, 6) is 0. The van der Waals surface area contributed by atoms with E-state index in [4.69, 9.17) is 9.16 Å². The Morgan fingerprint density at radius 3 is 1.94 bits per heavy atom. The van der Waals surface area contributed by atoms with Gasteiger partial charge in [0.2, 0.25) is 0 Å². The average molecular weight is 502 g/mol. The molecule has 1 unspecified atom stereocenters. The second kappa shape index (κ2) is 11.4. The van der Waals surface area contributed by atoms with Crippen LogP contribution in [0.3, 0.4) is 0 Å². The van der Waals surface area contributed by atoms with Gasteiger partial charge in [0, 0.05) is 19.6 Å². The fourth-order valence-corrected chi connectivity index (χ4v) is 5.37. The second-order valence-electron chi connectivity index (χ2n) is 11.0. The minimum absolute atomic E-state index is 0.0912. The number of imidazole rings is 1. The quantitative estimate of drug-likeness (QED) is 0.224. The van der Waals surface area contributed by atoms with E-state index >= 15 is 0 Å². The van der Waals surface area contributed by atoms with Crippen LogP contribution in [0.4, 0.5) is 0 Å². The maximum Gasteiger partial charge on any atom is 0.294 e. The van der Waals surface area contributed by atoms with Gasteiger partial charge < -0.3 is 14.1 Å². The van der Waals surface area contributed by atoms with Crippen LogP contribution in [0.15, 0.2) is 84.9 Å². The van der Waals surface area contributed by atoms with Crippen molar-refractivity contribution in [3.63, 3.8) is 0 Å². The molecule has 0 radical (unpaired) electrons. The normalized spacial score (nSPS) is 13.3. The van der Waals surface area contributed by atoms with Crippen molar-refractivity contribution in [3.8, 4) is 6.01 Å². The molecule has 0 aliphatic rings. The van der Waals surface area contributed by atoms with E-state index in [9.17, 15) is 0 Å².